The van der Waals surface area contributed by atoms with E-state index in [1.807, 2.05) is 30.3 Å². The van der Waals surface area contributed by atoms with Crippen molar-refractivity contribution in [2.24, 2.45) is 5.73 Å². The smallest absolute Gasteiger partial charge is 0.331 e. The zero-order valence-electron chi connectivity index (χ0n) is 12.6. The second kappa shape index (κ2) is 8.64. The van der Waals surface area contributed by atoms with Crippen molar-refractivity contribution in [2.45, 2.75) is 38.8 Å². The van der Waals surface area contributed by atoms with Crippen molar-refractivity contribution in [3.63, 3.8) is 0 Å². The fraction of sp³-hybridized carbons (Fsp3) is 0.467. The Hall–Kier alpha value is -1.59. The second-order valence-corrected chi connectivity index (χ2v) is 5.11. The molecule has 0 heterocycles. The first-order chi connectivity index (χ1) is 9.36. The van der Waals surface area contributed by atoms with Gasteiger partial charge in [0.25, 0.3) is 0 Å². The second-order valence-electron chi connectivity index (χ2n) is 5.11. The summed E-state index contributed by atoms with van der Waals surface area (Å²) in [4.78, 5) is 23.6. The van der Waals surface area contributed by atoms with E-state index in [-0.39, 0.29) is 31.3 Å². The highest BCUT2D eigenvalue weighted by Gasteiger charge is 2.31. The fourth-order valence-electron chi connectivity index (χ4n) is 1.78. The maximum Gasteiger partial charge on any atom is 0.331 e. The van der Waals surface area contributed by atoms with E-state index in [1.165, 1.54) is 0 Å². The number of nitrogens with two attached hydrogens (primary N) is 1. The molecule has 1 aromatic carbocycles. The molecule has 1 rings (SSSR count). The summed E-state index contributed by atoms with van der Waals surface area (Å²) in [5.41, 5.74) is 5.81. The van der Waals surface area contributed by atoms with Gasteiger partial charge >= 0.3 is 5.97 Å². The van der Waals surface area contributed by atoms with Gasteiger partial charge in [-0.2, -0.15) is 0 Å². The van der Waals surface area contributed by atoms with Gasteiger partial charge in [0.1, 0.15) is 5.54 Å². The summed E-state index contributed by atoms with van der Waals surface area (Å²) in [5.74, 6) is -0.735. The van der Waals surface area contributed by atoms with Crippen molar-refractivity contribution < 1.29 is 14.3 Å². The molecule has 1 aromatic rings. The van der Waals surface area contributed by atoms with E-state index in [2.05, 4.69) is 5.32 Å². The molecule has 0 aliphatic rings. The largest absolute Gasteiger partial charge is 0.464 e. The molecule has 0 spiro atoms. The first-order valence-electron chi connectivity index (χ1n) is 6.65. The predicted molar refractivity (Wildman–Crippen MR) is 84.1 cm³/mol. The summed E-state index contributed by atoms with van der Waals surface area (Å²) >= 11 is 0. The average molecular weight is 315 g/mol. The molecule has 118 valence electrons. The Balaban J connectivity index is 0.00000400. The summed E-state index contributed by atoms with van der Waals surface area (Å²) < 4.78 is 4.91. The van der Waals surface area contributed by atoms with E-state index in [0.29, 0.717) is 0 Å². The third-order valence-corrected chi connectivity index (χ3v) is 2.87. The molecule has 1 amide bonds. The Morgan fingerprint density at radius 2 is 1.86 bits per heavy atom. The number of rotatable bonds is 6. The number of benzene rings is 1. The SMILES string of the molecule is CCOC(=O)C(C)(C)NC(=O)CC(N)c1ccccc1.Cl. The molecule has 21 heavy (non-hydrogen) atoms. The summed E-state index contributed by atoms with van der Waals surface area (Å²) in [5, 5.41) is 2.65. The van der Waals surface area contributed by atoms with Crippen molar-refractivity contribution in [3.8, 4) is 0 Å². The van der Waals surface area contributed by atoms with Crippen LogP contribution in [0, 0.1) is 0 Å². The molecular weight excluding hydrogens is 292 g/mol. The van der Waals surface area contributed by atoms with E-state index >= 15 is 0 Å². The number of hydrogen-bond acceptors (Lipinski definition) is 4. The van der Waals surface area contributed by atoms with Gasteiger partial charge in [0, 0.05) is 12.5 Å². The molecule has 3 N–H and O–H groups in total. The molecular formula is C15H23ClN2O3. The van der Waals surface area contributed by atoms with Gasteiger partial charge in [-0.1, -0.05) is 30.3 Å². The summed E-state index contributed by atoms with van der Waals surface area (Å²) in [6.45, 7) is 5.22. The Morgan fingerprint density at radius 1 is 1.29 bits per heavy atom. The Kier molecular flexibility index (Phi) is 7.99. The van der Waals surface area contributed by atoms with Crippen LogP contribution in [-0.2, 0) is 14.3 Å². The van der Waals surface area contributed by atoms with Gasteiger partial charge in [-0.25, -0.2) is 4.79 Å². The minimum absolute atomic E-state index is 0. The predicted octanol–water partition coefficient (Wildman–Crippen LogP) is 1.96. The number of ether oxygens (including phenoxy) is 1. The van der Waals surface area contributed by atoms with Gasteiger partial charge in [0.15, 0.2) is 0 Å². The highest BCUT2D eigenvalue weighted by Crippen LogP contribution is 2.14. The van der Waals surface area contributed by atoms with Crippen LogP contribution < -0.4 is 11.1 Å². The molecule has 0 aliphatic carbocycles. The van der Waals surface area contributed by atoms with Gasteiger partial charge in [0.05, 0.1) is 6.61 Å². The molecule has 6 heteroatoms. The zero-order chi connectivity index (χ0) is 15.2. The number of esters is 1. The number of amides is 1. The van der Waals surface area contributed by atoms with Crippen molar-refractivity contribution in [2.75, 3.05) is 6.61 Å². The van der Waals surface area contributed by atoms with Crippen LogP contribution in [0.15, 0.2) is 30.3 Å². The molecule has 0 fully saturated rings. The number of carbonyl (C=O) groups is 2. The standard InChI is InChI=1S/C15H22N2O3.ClH/c1-4-20-14(19)15(2,3)17-13(18)10-12(16)11-8-6-5-7-9-11;/h5-9,12H,4,10,16H2,1-3H3,(H,17,18);1H. The lowest BCUT2D eigenvalue weighted by atomic mass is 10.0. The number of nitrogens with one attached hydrogen (secondary N) is 1. The monoisotopic (exact) mass is 314 g/mol. The molecule has 0 saturated carbocycles. The van der Waals surface area contributed by atoms with Crippen LogP contribution in [0.4, 0.5) is 0 Å². The summed E-state index contributed by atoms with van der Waals surface area (Å²) in [7, 11) is 0. The van der Waals surface area contributed by atoms with Crippen LogP contribution in [0.3, 0.4) is 0 Å². The van der Waals surface area contributed by atoms with Crippen molar-refractivity contribution in [1.29, 1.82) is 0 Å². The minimum Gasteiger partial charge on any atom is -0.464 e. The fourth-order valence-corrected chi connectivity index (χ4v) is 1.78. The first-order valence-corrected chi connectivity index (χ1v) is 6.65. The normalized spacial score (nSPS) is 12.0. The molecule has 1 atom stereocenters. The zero-order valence-corrected chi connectivity index (χ0v) is 13.4. The molecule has 0 radical (unpaired) electrons. The van der Waals surface area contributed by atoms with E-state index in [1.54, 1.807) is 20.8 Å². The lowest BCUT2D eigenvalue weighted by Crippen LogP contribution is -2.51. The van der Waals surface area contributed by atoms with Gasteiger partial charge < -0.3 is 15.8 Å². The minimum atomic E-state index is -1.05. The Bertz CT molecular complexity index is 463. The third kappa shape index (κ3) is 6.14. The van der Waals surface area contributed by atoms with Crippen molar-refractivity contribution in [1.82, 2.24) is 5.32 Å². The Labute approximate surface area is 131 Å². The maximum atomic E-state index is 12.0. The third-order valence-electron chi connectivity index (χ3n) is 2.87. The molecule has 1 unspecified atom stereocenters. The molecule has 5 nitrogen and oxygen atoms in total. The van der Waals surface area contributed by atoms with E-state index in [9.17, 15) is 9.59 Å². The van der Waals surface area contributed by atoms with Crippen LogP contribution in [-0.4, -0.2) is 24.0 Å². The van der Waals surface area contributed by atoms with Gasteiger partial charge in [-0.15, -0.1) is 12.4 Å². The van der Waals surface area contributed by atoms with E-state index in [4.69, 9.17) is 10.5 Å². The van der Waals surface area contributed by atoms with E-state index < -0.39 is 17.6 Å². The average Bonchev–Trinajstić information content (AvgIpc) is 2.39. The number of halogens is 1. The van der Waals surface area contributed by atoms with Crippen LogP contribution in [0.1, 0.15) is 38.8 Å². The topological polar surface area (TPSA) is 81.4 Å². The molecule has 0 bridgehead atoms. The molecule has 0 aromatic heterocycles. The van der Waals surface area contributed by atoms with Gasteiger partial charge in [-0.3, -0.25) is 4.79 Å². The maximum absolute atomic E-state index is 12.0. The van der Waals surface area contributed by atoms with E-state index in [0.717, 1.165) is 5.56 Å². The van der Waals surface area contributed by atoms with Crippen LogP contribution in [0.5, 0.6) is 0 Å². The first kappa shape index (κ1) is 19.4. The molecule has 0 aliphatic heterocycles. The molecule has 0 saturated heterocycles. The van der Waals surface area contributed by atoms with Crippen molar-refractivity contribution in [3.05, 3.63) is 35.9 Å². The quantitative estimate of drug-likeness (QED) is 0.786. The van der Waals surface area contributed by atoms with Crippen molar-refractivity contribution >= 4 is 24.3 Å². The highest BCUT2D eigenvalue weighted by atomic mass is 35.5. The van der Waals surface area contributed by atoms with Crippen LogP contribution in [0.2, 0.25) is 0 Å². The van der Waals surface area contributed by atoms with Crippen LogP contribution in [0.25, 0.3) is 0 Å². The Morgan fingerprint density at radius 3 is 2.38 bits per heavy atom. The summed E-state index contributed by atoms with van der Waals surface area (Å²) in [6.07, 6.45) is 0.118. The highest BCUT2D eigenvalue weighted by molar-refractivity contribution is 5.87. The van der Waals surface area contributed by atoms with Gasteiger partial charge in [-0.05, 0) is 26.3 Å². The summed E-state index contributed by atoms with van der Waals surface area (Å²) in [6, 6.07) is 8.98. The number of carbonyl (C=O) groups excluding carboxylic acids is 2. The van der Waals surface area contributed by atoms with Crippen LogP contribution >= 0.6 is 12.4 Å². The number of hydrogen-bond donors (Lipinski definition) is 2. The van der Waals surface area contributed by atoms with Gasteiger partial charge in [0.2, 0.25) is 5.91 Å². The lowest BCUT2D eigenvalue weighted by molar-refractivity contribution is -0.151. The lowest BCUT2D eigenvalue weighted by Gasteiger charge is -2.24.